The largest absolute Gasteiger partial charge is 0.453 e. The zero-order valence-electron chi connectivity index (χ0n) is 12.5. The van der Waals surface area contributed by atoms with Crippen molar-refractivity contribution in [2.24, 2.45) is 0 Å². The van der Waals surface area contributed by atoms with Gasteiger partial charge < -0.3 is 19.7 Å². The van der Waals surface area contributed by atoms with Crippen molar-refractivity contribution < 1.29 is 29.3 Å². The van der Waals surface area contributed by atoms with Crippen molar-refractivity contribution in [1.29, 1.82) is 0 Å². The van der Waals surface area contributed by atoms with Crippen LogP contribution in [0.4, 0.5) is 0 Å². The maximum absolute atomic E-state index is 11.4. The number of carbonyl (C=O) groups excluding carboxylic acids is 2. The molecule has 116 valence electrons. The van der Waals surface area contributed by atoms with Gasteiger partial charge in [0.05, 0.1) is 0 Å². The number of esters is 2. The predicted molar refractivity (Wildman–Crippen MR) is 74.6 cm³/mol. The fourth-order valence-corrected chi connectivity index (χ4v) is 1.52. The number of rotatable bonds is 5. The second kappa shape index (κ2) is 6.69. The fraction of sp³-hybridized carbons (Fsp3) is 0.467. The summed E-state index contributed by atoms with van der Waals surface area (Å²) in [6.45, 7) is 6.01. The molecule has 1 rings (SSSR count). The summed E-state index contributed by atoms with van der Waals surface area (Å²) >= 11 is 0. The topological polar surface area (TPSA) is 93.1 Å². The van der Waals surface area contributed by atoms with Gasteiger partial charge in [0.2, 0.25) is 0 Å². The summed E-state index contributed by atoms with van der Waals surface area (Å²) in [6.07, 6.45) is -2.40. The molecule has 0 aliphatic heterocycles. The van der Waals surface area contributed by atoms with E-state index in [4.69, 9.17) is 14.6 Å². The quantitative estimate of drug-likeness (QED) is 0.625. The molecule has 0 spiro atoms. The van der Waals surface area contributed by atoms with Crippen molar-refractivity contribution in [3.63, 3.8) is 0 Å². The SMILES string of the molecule is CC(O)C(=O)Oc1ccc(C(C)(C)OC(=O)C(C)O)cc1. The summed E-state index contributed by atoms with van der Waals surface area (Å²) in [5.74, 6) is -1.19. The van der Waals surface area contributed by atoms with Crippen LogP contribution in [0, 0.1) is 0 Å². The van der Waals surface area contributed by atoms with E-state index in [0.717, 1.165) is 0 Å². The zero-order valence-corrected chi connectivity index (χ0v) is 12.5. The molecule has 0 saturated heterocycles. The average Bonchev–Trinajstić information content (AvgIpc) is 2.38. The van der Waals surface area contributed by atoms with Crippen LogP contribution < -0.4 is 4.74 Å². The first-order valence-electron chi connectivity index (χ1n) is 6.54. The molecule has 0 aliphatic carbocycles. The van der Waals surface area contributed by atoms with Gasteiger partial charge in [-0.05, 0) is 45.4 Å². The Bertz CT molecular complexity index is 501. The van der Waals surface area contributed by atoms with Crippen LogP contribution in [0.2, 0.25) is 0 Å². The Kier molecular flexibility index (Phi) is 5.46. The highest BCUT2D eigenvalue weighted by Crippen LogP contribution is 2.27. The number of aliphatic hydroxyl groups is 2. The monoisotopic (exact) mass is 296 g/mol. The van der Waals surface area contributed by atoms with Crippen molar-refractivity contribution in [1.82, 2.24) is 0 Å². The van der Waals surface area contributed by atoms with Crippen molar-refractivity contribution in [2.75, 3.05) is 0 Å². The molecule has 0 amide bonds. The van der Waals surface area contributed by atoms with Crippen LogP contribution in [0.15, 0.2) is 24.3 Å². The number of hydrogen-bond acceptors (Lipinski definition) is 6. The highest BCUT2D eigenvalue weighted by atomic mass is 16.6. The molecular formula is C15H20O6. The molecule has 0 fully saturated rings. The predicted octanol–water partition coefficient (Wildman–Crippen LogP) is 1.13. The van der Waals surface area contributed by atoms with E-state index < -0.39 is 29.7 Å². The Morgan fingerprint density at radius 3 is 1.90 bits per heavy atom. The molecule has 21 heavy (non-hydrogen) atoms. The van der Waals surface area contributed by atoms with Gasteiger partial charge >= 0.3 is 11.9 Å². The second-order valence-electron chi connectivity index (χ2n) is 5.23. The van der Waals surface area contributed by atoms with E-state index >= 15 is 0 Å². The highest BCUT2D eigenvalue weighted by Gasteiger charge is 2.27. The fourth-order valence-electron chi connectivity index (χ4n) is 1.52. The summed E-state index contributed by atoms with van der Waals surface area (Å²) in [4.78, 5) is 22.7. The van der Waals surface area contributed by atoms with Crippen LogP contribution in [0.3, 0.4) is 0 Å². The van der Waals surface area contributed by atoms with Crippen molar-refractivity contribution in [3.8, 4) is 5.75 Å². The Balaban J connectivity index is 2.81. The van der Waals surface area contributed by atoms with E-state index in [1.807, 2.05) is 0 Å². The number of aliphatic hydroxyl groups excluding tert-OH is 2. The Hall–Kier alpha value is -1.92. The molecule has 2 unspecified atom stereocenters. The average molecular weight is 296 g/mol. The maximum Gasteiger partial charge on any atom is 0.340 e. The molecule has 0 bridgehead atoms. The van der Waals surface area contributed by atoms with Gasteiger partial charge in [0.25, 0.3) is 0 Å². The van der Waals surface area contributed by atoms with Crippen LogP contribution in [0.25, 0.3) is 0 Å². The Morgan fingerprint density at radius 2 is 1.48 bits per heavy atom. The third kappa shape index (κ3) is 4.84. The summed E-state index contributed by atoms with van der Waals surface area (Å²) in [5, 5.41) is 18.2. The number of ether oxygens (including phenoxy) is 2. The van der Waals surface area contributed by atoms with E-state index in [1.165, 1.54) is 26.0 Å². The lowest BCUT2D eigenvalue weighted by molar-refractivity contribution is -0.166. The van der Waals surface area contributed by atoms with Gasteiger partial charge in [-0.15, -0.1) is 0 Å². The molecule has 0 saturated carbocycles. The first-order chi connectivity index (χ1) is 9.63. The van der Waals surface area contributed by atoms with E-state index in [1.54, 1.807) is 26.0 Å². The van der Waals surface area contributed by atoms with Gasteiger partial charge in [0.15, 0.2) is 0 Å². The zero-order chi connectivity index (χ0) is 16.2. The minimum Gasteiger partial charge on any atom is -0.453 e. The molecular weight excluding hydrogens is 276 g/mol. The lowest BCUT2D eigenvalue weighted by atomic mass is 9.98. The standard InChI is InChI=1S/C15H20O6/c1-9(16)13(18)20-12-7-5-11(6-8-12)15(3,4)21-14(19)10(2)17/h5-10,16-17H,1-4H3. The molecule has 2 atom stereocenters. The normalized spacial score (nSPS) is 14.2. The molecule has 0 heterocycles. The smallest absolute Gasteiger partial charge is 0.340 e. The Morgan fingerprint density at radius 1 is 1.00 bits per heavy atom. The van der Waals surface area contributed by atoms with Crippen molar-refractivity contribution in [2.45, 2.75) is 45.5 Å². The van der Waals surface area contributed by atoms with Gasteiger partial charge in [-0.1, -0.05) is 12.1 Å². The van der Waals surface area contributed by atoms with Gasteiger partial charge in [0, 0.05) is 0 Å². The maximum atomic E-state index is 11.4. The summed E-state index contributed by atoms with van der Waals surface area (Å²) < 4.78 is 10.1. The van der Waals surface area contributed by atoms with Crippen LogP contribution in [0.1, 0.15) is 33.3 Å². The van der Waals surface area contributed by atoms with Crippen LogP contribution in [-0.4, -0.2) is 34.4 Å². The van der Waals surface area contributed by atoms with Gasteiger partial charge in [0.1, 0.15) is 23.6 Å². The van der Waals surface area contributed by atoms with Crippen molar-refractivity contribution >= 4 is 11.9 Å². The van der Waals surface area contributed by atoms with Gasteiger partial charge in [-0.25, -0.2) is 9.59 Å². The van der Waals surface area contributed by atoms with Crippen LogP contribution in [-0.2, 0) is 19.9 Å². The third-order valence-corrected chi connectivity index (χ3v) is 2.81. The summed E-state index contributed by atoms with van der Waals surface area (Å²) in [7, 11) is 0. The van der Waals surface area contributed by atoms with Crippen LogP contribution >= 0.6 is 0 Å². The lowest BCUT2D eigenvalue weighted by Crippen LogP contribution is -2.30. The number of benzene rings is 1. The van der Waals surface area contributed by atoms with E-state index in [0.29, 0.717) is 5.56 Å². The van der Waals surface area contributed by atoms with E-state index in [9.17, 15) is 14.7 Å². The molecule has 6 heteroatoms. The molecule has 0 aliphatic rings. The van der Waals surface area contributed by atoms with Gasteiger partial charge in [-0.2, -0.15) is 0 Å². The van der Waals surface area contributed by atoms with E-state index in [-0.39, 0.29) is 5.75 Å². The molecule has 1 aromatic carbocycles. The number of carbonyl (C=O) groups is 2. The lowest BCUT2D eigenvalue weighted by Gasteiger charge is -2.26. The second-order valence-corrected chi connectivity index (χ2v) is 5.23. The minimum absolute atomic E-state index is 0.280. The highest BCUT2D eigenvalue weighted by molar-refractivity contribution is 5.76. The van der Waals surface area contributed by atoms with Crippen molar-refractivity contribution in [3.05, 3.63) is 29.8 Å². The molecule has 2 N–H and O–H groups in total. The number of hydrogen-bond donors (Lipinski definition) is 2. The first-order valence-corrected chi connectivity index (χ1v) is 6.54. The molecule has 0 radical (unpaired) electrons. The van der Waals surface area contributed by atoms with Crippen LogP contribution in [0.5, 0.6) is 5.75 Å². The minimum atomic E-state index is -1.20. The van der Waals surface area contributed by atoms with E-state index in [2.05, 4.69) is 0 Å². The third-order valence-electron chi connectivity index (χ3n) is 2.81. The first kappa shape index (κ1) is 17.1. The molecule has 6 nitrogen and oxygen atoms in total. The summed E-state index contributed by atoms with van der Waals surface area (Å²) in [6, 6.07) is 6.35. The summed E-state index contributed by atoms with van der Waals surface area (Å²) in [5.41, 5.74) is -0.255. The Labute approximate surface area is 123 Å². The molecule has 0 aromatic heterocycles. The van der Waals surface area contributed by atoms with Gasteiger partial charge in [-0.3, -0.25) is 0 Å². The molecule has 1 aromatic rings.